The second-order valence-corrected chi connectivity index (χ2v) is 11.7. The summed E-state index contributed by atoms with van der Waals surface area (Å²) in [6.07, 6.45) is 4.79. The molecule has 7 nitrogen and oxygen atoms in total. The van der Waals surface area contributed by atoms with Gasteiger partial charge >= 0.3 is 0 Å². The van der Waals surface area contributed by atoms with Crippen LogP contribution in [0.4, 0.5) is 24.5 Å². The number of nitrogens with one attached hydrogen (secondary N) is 1. The van der Waals surface area contributed by atoms with Gasteiger partial charge in [0.25, 0.3) is 5.91 Å². The van der Waals surface area contributed by atoms with Crippen molar-refractivity contribution < 1.29 is 32.2 Å². The summed E-state index contributed by atoms with van der Waals surface area (Å²) in [6, 6.07) is 10.4. The van der Waals surface area contributed by atoms with Crippen molar-refractivity contribution in [2.24, 2.45) is 0 Å². The molecule has 0 saturated heterocycles. The summed E-state index contributed by atoms with van der Waals surface area (Å²) >= 11 is 0. The second-order valence-electron chi connectivity index (χ2n) is 11.7. The lowest BCUT2D eigenvalue weighted by atomic mass is 9.96. The fourth-order valence-corrected chi connectivity index (χ4v) is 5.36. The maximum atomic E-state index is 15.6. The van der Waals surface area contributed by atoms with Gasteiger partial charge in [0.2, 0.25) is 5.91 Å². The molecule has 1 aliphatic rings. The fraction of sp³-hybridized carbons (Fsp3) is 0.371. The first-order valence-corrected chi connectivity index (χ1v) is 14.9. The van der Waals surface area contributed by atoms with Crippen molar-refractivity contribution in [3.8, 4) is 23.8 Å². The number of halogens is 3. The Labute approximate surface area is 262 Å². The summed E-state index contributed by atoms with van der Waals surface area (Å²) < 4.78 is 55.6. The number of anilines is 2. The molecule has 1 aliphatic heterocycles. The molecule has 2 amide bonds. The first-order valence-electron chi connectivity index (χ1n) is 14.9. The molecule has 10 heteroatoms. The number of hydrogen-bond acceptors (Lipinski definition) is 5. The number of amides is 2. The molecule has 45 heavy (non-hydrogen) atoms. The monoisotopic (exact) mass is 621 g/mol. The van der Waals surface area contributed by atoms with Crippen LogP contribution in [0.2, 0.25) is 0 Å². The van der Waals surface area contributed by atoms with Crippen molar-refractivity contribution in [1.82, 2.24) is 5.32 Å². The van der Waals surface area contributed by atoms with Crippen LogP contribution in [-0.2, 0) is 16.0 Å². The molecule has 1 heterocycles. The Bertz CT molecular complexity index is 1590. The van der Waals surface area contributed by atoms with Crippen molar-refractivity contribution in [2.45, 2.75) is 65.1 Å². The Morgan fingerprint density at radius 3 is 2.38 bits per heavy atom. The van der Waals surface area contributed by atoms with Crippen molar-refractivity contribution >= 4 is 23.2 Å². The number of aryl methyl sites for hydroxylation is 1. The summed E-state index contributed by atoms with van der Waals surface area (Å²) in [4.78, 5) is 31.8. The summed E-state index contributed by atoms with van der Waals surface area (Å²) in [5.74, 6) is -0.793. The van der Waals surface area contributed by atoms with Crippen molar-refractivity contribution in [3.63, 3.8) is 0 Å². The number of carbonyl (C=O) groups is 2. The van der Waals surface area contributed by atoms with E-state index >= 15 is 4.39 Å². The van der Waals surface area contributed by atoms with E-state index in [9.17, 15) is 18.4 Å². The van der Waals surface area contributed by atoms with Crippen LogP contribution in [0.15, 0.2) is 54.6 Å². The molecule has 0 saturated carbocycles. The molecule has 3 aromatic rings. The summed E-state index contributed by atoms with van der Waals surface area (Å²) in [6.45, 7) is 10.5. The number of fused-ring (bicyclic) bond motifs is 1. The number of rotatable bonds is 10. The molecular formula is C35H38F3N3O4. The first kappa shape index (κ1) is 33.2. The van der Waals surface area contributed by atoms with Gasteiger partial charge in [-0.1, -0.05) is 12.0 Å². The standard InChI is InChI=1S/C35H38F3N3O4/c1-7-18-44-31-21-25(40(8-2)9-3)13-14-26(31)32(33(42)39-35(4,5)6)41(28-15-11-24(37)20-27(28)38)34(43)30-16-10-22-19-23(36)12-17-29(22)45-30/h1,11-15,17,19-21,30,32H,8-10,16,18H2,2-6H3,(H,39,42). The van der Waals surface area contributed by atoms with Gasteiger partial charge < -0.3 is 19.7 Å². The Balaban J connectivity index is 1.93. The van der Waals surface area contributed by atoms with Gasteiger partial charge in [-0.2, -0.15) is 0 Å². The van der Waals surface area contributed by atoms with Gasteiger partial charge in [-0.3, -0.25) is 14.5 Å². The SMILES string of the molecule is C#CCOc1cc(N(CC)CC)ccc1C(C(=O)NC(C)(C)C)N(C(=O)C1CCc2cc(F)ccc2O1)c1ccc(F)cc1F. The zero-order chi connectivity index (χ0) is 32.9. The van der Waals surface area contributed by atoms with Gasteiger partial charge in [0.15, 0.2) is 6.10 Å². The van der Waals surface area contributed by atoms with Crippen LogP contribution in [0.1, 0.15) is 58.2 Å². The van der Waals surface area contributed by atoms with E-state index in [0.29, 0.717) is 36.9 Å². The number of ether oxygens (including phenoxy) is 2. The molecule has 2 unspecified atom stereocenters. The molecule has 2 atom stereocenters. The van der Waals surface area contributed by atoms with Crippen LogP contribution < -0.4 is 24.6 Å². The summed E-state index contributed by atoms with van der Waals surface area (Å²) in [5, 5.41) is 2.90. The van der Waals surface area contributed by atoms with Gasteiger partial charge in [-0.05, 0) is 89.4 Å². The fourth-order valence-electron chi connectivity index (χ4n) is 5.36. The second kappa shape index (κ2) is 14.0. The molecule has 0 bridgehead atoms. The van der Waals surface area contributed by atoms with E-state index in [1.165, 1.54) is 18.2 Å². The van der Waals surface area contributed by atoms with E-state index in [1.807, 2.05) is 13.8 Å². The van der Waals surface area contributed by atoms with Crippen molar-refractivity contribution in [3.05, 3.63) is 83.2 Å². The minimum Gasteiger partial charge on any atom is -0.480 e. The number of carbonyl (C=O) groups excluding carboxylic acids is 2. The molecule has 238 valence electrons. The molecule has 0 aromatic heterocycles. The molecule has 0 radical (unpaired) electrons. The number of benzene rings is 3. The van der Waals surface area contributed by atoms with Crippen LogP contribution in [0.3, 0.4) is 0 Å². The van der Waals surface area contributed by atoms with Crippen LogP contribution >= 0.6 is 0 Å². The Hall–Kier alpha value is -4.65. The Kier molecular flexibility index (Phi) is 10.3. The minimum atomic E-state index is -1.49. The predicted octanol–water partition coefficient (Wildman–Crippen LogP) is 6.34. The normalized spacial score (nSPS) is 14.8. The highest BCUT2D eigenvalue weighted by molar-refractivity contribution is 6.04. The van der Waals surface area contributed by atoms with E-state index in [2.05, 4.69) is 16.1 Å². The quantitative estimate of drug-likeness (QED) is 0.268. The lowest BCUT2D eigenvalue weighted by molar-refractivity contribution is -0.131. The van der Waals surface area contributed by atoms with Crippen LogP contribution in [0.5, 0.6) is 11.5 Å². The Morgan fingerprint density at radius 2 is 1.73 bits per heavy atom. The zero-order valence-electron chi connectivity index (χ0n) is 26.1. The average molecular weight is 622 g/mol. The zero-order valence-corrected chi connectivity index (χ0v) is 26.1. The minimum absolute atomic E-state index is 0.129. The lowest BCUT2D eigenvalue weighted by Gasteiger charge is -2.37. The Morgan fingerprint density at radius 1 is 1.04 bits per heavy atom. The van der Waals surface area contributed by atoms with Gasteiger partial charge in [-0.25, -0.2) is 13.2 Å². The average Bonchev–Trinajstić information content (AvgIpc) is 2.98. The molecule has 3 aromatic carbocycles. The van der Waals surface area contributed by atoms with Crippen LogP contribution in [0.25, 0.3) is 0 Å². The maximum Gasteiger partial charge on any atom is 0.269 e. The van der Waals surface area contributed by atoms with E-state index < -0.39 is 47.0 Å². The number of hydrogen-bond donors (Lipinski definition) is 1. The van der Waals surface area contributed by atoms with Crippen molar-refractivity contribution in [1.29, 1.82) is 0 Å². The van der Waals surface area contributed by atoms with E-state index in [1.54, 1.807) is 39.0 Å². The lowest BCUT2D eigenvalue weighted by Crippen LogP contribution is -2.53. The van der Waals surface area contributed by atoms with Gasteiger partial charge in [-0.15, -0.1) is 6.42 Å². The van der Waals surface area contributed by atoms with Gasteiger partial charge in [0, 0.05) is 42.0 Å². The molecule has 4 rings (SSSR count). The van der Waals surface area contributed by atoms with Crippen LogP contribution in [-0.4, -0.2) is 43.2 Å². The van der Waals surface area contributed by atoms with Gasteiger partial charge in [0.05, 0.1) is 5.69 Å². The predicted molar refractivity (Wildman–Crippen MR) is 168 cm³/mol. The highest BCUT2D eigenvalue weighted by Crippen LogP contribution is 2.39. The smallest absolute Gasteiger partial charge is 0.269 e. The molecule has 0 aliphatic carbocycles. The molecular weight excluding hydrogens is 583 g/mol. The van der Waals surface area contributed by atoms with Crippen molar-refractivity contribution in [2.75, 3.05) is 29.5 Å². The third-order valence-electron chi connectivity index (χ3n) is 7.39. The summed E-state index contributed by atoms with van der Waals surface area (Å²) in [5.41, 5.74) is 0.517. The largest absolute Gasteiger partial charge is 0.480 e. The third-order valence-corrected chi connectivity index (χ3v) is 7.39. The number of terminal acetylenes is 1. The molecule has 0 spiro atoms. The van der Waals surface area contributed by atoms with Crippen LogP contribution in [0, 0.1) is 29.8 Å². The third kappa shape index (κ3) is 7.72. The topological polar surface area (TPSA) is 71.1 Å². The first-order chi connectivity index (χ1) is 21.4. The van der Waals surface area contributed by atoms with Gasteiger partial charge in [0.1, 0.15) is 41.6 Å². The summed E-state index contributed by atoms with van der Waals surface area (Å²) in [7, 11) is 0. The molecule has 0 fully saturated rings. The van der Waals surface area contributed by atoms with E-state index in [0.717, 1.165) is 22.7 Å². The highest BCUT2D eigenvalue weighted by Gasteiger charge is 2.41. The van der Waals surface area contributed by atoms with E-state index in [4.69, 9.17) is 15.9 Å². The number of nitrogens with zero attached hydrogens (tertiary/aromatic N) is 2. The highest BCUT2D eigenvalue weighted by atomic mass is 19.1. The molecule has 1 N–H and O–H groups in total. The maximum absolute atomic E-state index is 15.6. The van der Waals surface area contributed by atoms with E-state index in [-0.39, 0.29) is 30.0 Å².